The second-order valence-corrected chi connectivity index (χ2v) is 5.67. The summed E-state index contributed by atoms with van der Waals surface area (Å²) in [6, 6.07) is 10.6. The van der Waals surface area contributed by atoms with Crippen LogP contribution < -0.4 is 9.80 Å². The summed E-state index contributed by atoms with van der Waals surface area (Å²) in [5.74, 6) is -0.952. The van der Waals surface area contributed by atoms with Crippen molar-refractivity contribution in [3.05, 3.63) is 57.6 Å². The maximum Gasteiger partial charge on any atom is 0.293 e. The monoisotopic (exact) mass is 345 g/mol. The molecule has 8 heteroatoms. The van der Waals surface area contributed by atoms with Crippen molar-refractivity contribution in [1.82, 2.24) is 0 Å². The Balaban J connectivity index is 2.29. The summed E-state index contributed by atoms with van der Waals surface area (Å²) >= 11 is 6.04. The van der Waals surface area contributed by atoms with Crippen LogP contribution in [-0.4, -0.2) is 23.8 Å². The van der Waals surface area contributed by atoms with Crippen molar-refractivity contribution in [2.45, 2.75) is 6.42 Å². The summed E-state index contributed by atoms with van der Waals surface area (Å²) < 4.78 is 0. The van der Waals surface area contributed by atoms with E-state index in [1.54, 1.807) is 25.2 Å². The van der Waals surface area contributed by atoms with Gasteiger partial charge in [0, 0.05) is 18.1 Å². The highest BCUT2D eigenvalue weighted by Crippen LogP contribution is 2.41. The molecule has 2 aromatic carbocycles. The first-order valence-corrected chi connectivity index (χ1v) is 7.40. The van der Waals surface area contributed by atoms with Crippen LogP contribution in [0, 0.1) is 10.1 Å². The maximum atomic E-state index is 12.6. The molecule has 2 amide bonds. The summed E-state index contributed by atoms with van der Waals surface area (Å²) in [7, 11) is 1.55. The highest BCUT2D eigenvalue weighted by atomic mass is 35.5. The fourth-order valence-electron chi connectivity index (χ4n) is 2.63. The zero-order valence-electron chi connectivity index (χ0n) is 12.6. The van der Waals surface area contributed by atoms with Crippen LogP contribution in [0.25, 0.3) is 0 Å². The lowest BCUT2D eigenvalue weighted by atomic mass is 10.2. The minimum absolute atomic E-state index is 0.0964. The molecule has 3 rings (SSSR count). The molecule has 0 bridgehead atoms. The molecule has 0 saturated carbocycles. The molecule has 0 aliphatic carbocycles. The number of carbonyl (C=O) groups excluding carboxylic acids is 2. The predicted molar refractivity (Wildman–Crippen MR) is 89.7 cm³/mol. The number of hydrogen-bond donors (Lipinski definition) is 0. The maximum absolute atomic E-state index is 12.6. The van der Waals surface area contributed by atoms with Gasteiger partial charge in [0.2, 0.25) is 11.8 Å². The molecule has 0 aromatic heterocycles. The summed E-state index contributed by atoms with van der Waals surface area (Å²) in [4.78, 5) is 38.1. The first-order valence-electron chi connectivity index (χ1n) is 7.02. The molecule has 24 heavy (non-hydrogen) atoms. The SMILES string of the molecule is CN1C(=O)CC(=O)N(c2ccccc2[N+](=O)[O-])c2cc(Cl)ccc21. The van der Waals surface area contributed by atoms with Gasteiger partial charge in [-0.2, -0.15) is 0 Å². The highest BCUT2D eigenvalue weighted by molar-refractivity contribution is 6.31. The van der Waals surface area contributed by atoms with Crippen LogP contribution in [0.2, 0.25) is 5.02 Å². The minimum Gasteiger partial charge on any atom is -0.313 e. The van der Waals surface area contributed by atoms with Gasteiger partial charge in [-0.15, -0.1) is 0 Å². The van der Waals surface area contributed by atoms with E-state index < -0.39 is 23.2 Å². The molecule has 1 aliphatic heterocycles. The van der Waals surface area contributed by atoms with E-state index in [2.05, 4.69) is 0 Å². The first kappa shape index (κ1) is 15.9. The van der Waals surface area contributed by atoms with Gasteiger partial charge < -0.3 is 4.90 Å². The fourth-order valence-corrected chi connectivity index (χ4v) is 2.79. The molecule has 0 spiro atoms. The van der Waals surface area contributed by atoms with Crippen LogP contribution in [0.15, 0.2) is 42.5 Å². The minimum atomic E-state index is -0.566. The summed E-state index contributed by atoms with van der Waals surface area (Å²) in [5.41, 5.74) is 0.649. The zero-order valence-corrected chi connectivity index (χ0v) is 13.4. The number of anilines is 3. The lowest BCUT2D eigenvalue weighted by Gasteiger charge is -2.23. The molecule has 1 heterocycles. The average Bonchev–Trinajstić information content (AvgIpc) is 2.62. The van der Waals surface area contributed by atoms with E-state index in [0.717, 1.165) is 0 Å². The number of para-hydroxylation sites is 2. The molecule has 7 nitrogen and oxygen atoms in total. The van der Waals surface area contributed by atoms with Gasteiger partial charge in [0.05, 0.1) is 16.3 Å². The lowest BCUT2D eigenvalue weighted by molar-refractivity contribution is -0.384. The summed E-state index contributed by atoms with van der Waals surface area (Å²) in [6.07, 6.45) is -0.394. The van der Waals surface area contributed by atoms with Gasteiger partial charge in [-0.3, -0.25) is 24.6 Å². The number of hydrogen-bond acceptors (Lipinski definition) is 4. The van der Waals surface area contributed by atoms with Crippen molar-refractivity contribution in [3.63, 3.8) is 0 Å². The van der Waals surface area contributed by atoms with Crippen molar-refractivity contribution < 1.29 is 14.5 Å². The normalized spacial score (nSPS) is 14.4. The van der Waals surface area contributed by atoms with E-state index in [1.807, 2.05) is 0 Å². The molecule has 0 saturated heterocycles. The number of nitro groups is 1. The highest BCUT2D eigenvalue weighted by Gasteiger charge is 2.34. The van der Waals surface area contributed by atoms with Gasteiger partial charge in [-0.1, -0.05) is 23.7 Å². The van der Waals surface area contributed by atoms with Gasteiger partial charge in [-0.05, 0) is 24.3 Å². The fraction of sp³-hybridized carbons (Fsp3) is 0.125. The molecular weight excluding hydrogens is 334 g/mol. The van der Waals surface area contributed by atoms with E-state index in [1.165, 1.54) is 34.1 Å². The van der Waals surface area contributed by atoms with Crippen molar-refractivity contribution in [2.75, 3.05) is 16.8 Å². The van der Waals surface area contributed by atoms with Gasteiger partial charge in [-0.25, -0.2) is 0 Å². The van der Waals surface area contributed by atoms with Crippen LogP contribution in [0.4, 0.5) is 22.7 Å². The Morgan fingerprint density at radius 1 is 1.04 bits per heavy atom. The molecule has 1 aliphatic rings. The van der Waals surface area contributed by atoms with Crippen LogP contribution in [0.5, 0.6) is 0 Å². The number of carbonyl (C=O) groups is 2. The summed E-state index contributed by atoms with van der Waals surface area (Å²) in [5, 5.41) is 11.7. The van der Waals surface area contributed by atoms with E-state index in [4.69, 9.17) is 11.6 Å². The average molecular weight is 346 g/mol. The third-order valence-electron chi connectivity index (χ3n) is 3.79. The Kier molecular flexibility index (Phi) is 3.94. The van der Waals surface area contributed by atoms with Gasteiger partial charge >= 0.3 is 0 Å². The van der Waals surface area contributed by atoms with Gasteiger partial charge in [0.25, 0.3) is 5.69 Å². The molecule has 0 radical (unpaired) electrons. The van der Waals surface area contributed by atoms with Crippen molar-refractivity contribution >= 4 is 46.2 Å². The van der Waals surface area contributed by atoms with Crippen molar-refractivity contribution in [2.24, 2.45) is 0 Å². The topological polar surface area (TPSA) is 83.8 Å². The Morgan fingerprint density at radius 3 is 2.46 bits per heavy atom. The third-order valence-corrected chi connectivity index (χ3v) is 4.02. The quantitative estimate of drug-likeness (QED) is 0.475. The summed E-state index contributed by atoms with van der Waals surface area (Å²) in [6.45, 7) is 0. The number of benzene rings is 2. The first-order chi connectivity index (χ1) is 11.4. The van der Waals surface area contributed by atoms with Crippen molar-refractivity contribution in [1.29, 1.82) is 0 Å². The Bertz CT molecular complexity index is 868. The Hall–Kier alpha value is -2.93. The zero-order chi connectivity index (χ0) is 17.4. The standard InChI is InChI=1S/C16H12ClN3O4/c1-18-11-7-6-10(17)8-14(11)19(16(22)9-15(18)21)12-4-2-3-5-13(12)20(23)24/h2-8H,9H2,1H3. The molecule has 0 unspecified atom stereocenters. The number of nitrogens with zero attached hydrogens (tertiary/aromatic N) is 3. The van der Waals surface area contributed by atoms with Crippen LogP contribution in [0.3, 0.4) is 0 Å². The predicted octanol–water partition coefficient (Wildman–Crippen LogP) is 3.28. The number of halogens is 1. The Morgan fingerprint density at radius 2 is 1.75 bits per heavy atom. The van der Waals surface area contributed by atoms with E-state index in [9.17, 15) is 19.7 Å². The number of amides is 2. The van der Waals surface area contributed by atoms with Gasteiger partial charge in [0.15, 0.2) is 0 Å². The van der Waals surface area contributed by atoms with Crippen LogP contribution in [-0.2, 0) is 9.59 Å². The smallest absolute Gasteiger partial charge is 0.293 e. The largest absolute Gasteiger partial charge is 0.313 e. The van der Waals surface area contributed by atoms with E-state index >= 15 is 0 Å². The Labute approximate surface area is 142 Å². The molecule has 0 atom stereocenters. The van der Waals surface area contributed by atoms with Crippen LogP contribution >= 0.6 is 11.6 Å². The van der Waals surface area contributed by atoms with E-state index in [-0.39, 0.29) is 11.4 Å². The number of nitro benzene ring substituents is 1. The number of rotatable bonds is 2. The third kappa shape index (κ3) is 2.59. The molecule has 0 N–H and O–H groups in total. The molecular formula is C16H12ClN3O4. The molecule has 0 fully saturated rings. The lowest BCUT2D eigenvalue weighted by Crippen LogP contribution is -2.29. The molecule has 122 valence electrons. The molecule has 2 aromatic rings. The van der Waals surface area contributed by atoms with Crippen LogP contribution in [0.1, 0.15) is 6.42 Å². The number of fused-ring (bicyclic) bond motifs is 1. The van der Waals surface area contributed by atoms with Gasteiger partial charge in [0.1, 0.15) is 12.1 Å². The second-order valence-electron chi connectivity index (χ2n) is 5.24. The van der Waals surface area contributed by atoms with E-state index in [0.29, 0.717) is 16.4 Å². The van der Waals surface area contributed by atoms with Crippen molar-refractivity contribution in [3.8, 4) is 0 Å². The second kappa shape index (κ2) is 5.93.